The molecule has 0 unspecified atom stereocenters. The van der Waals surface area contributed by atoms with Gasteiger partial charge in [0.1, 0.15) is 5.60 Å². The molecule has 0 aliphatic carbocycles. The van der Waals surface area contributed by atoms with Gasteiger partial charge in [-0.05, 0) is 42.8 Å². The lowest BCUT2D eigenvalue weighted by Crippen LogP contribution is -2.38. The van der Waals surface area contributed by atoms with Crippen molar-refractivity contribution in [1.82, 2.24) is 4.90 Å². The van der Waals surface area contributed by atoms with Gasteiger partial charge in [0, 0.05) is 12.6 Å². The van der Waals surface area contributed by atoms with Crippen LogP contribution in [-0.2, 0) is 5.60 Å². The number of likely N-dealkylation sites (tertiary alicyclic amines) is 1. The fourth-order valence-electron chi connectivity index (χ4n) is 2.96. The summed E-state index contributed by atoms with van der Waals surface area (Å²) in [6.45, 7) is 3.05. The van der Waals surface area contributed by atoms with Crippen LogP contribution in [0.5, 0.6) is 0 Å². The van der Waals surface area contributed by atoms with Gasteiger partial charge in [-0.2, -0.15) is 0 Å². The maximum absolute atomic E-state index is 10.9. The number of benzene rings is 2. The van der Waals surface area contributed by atoms with Gasteiger partial charge in [0.15, 0.2) is 0 Å². The van der Waals surface area contributed by atoms with Gasteiger partial charge in [0.2, 0.25) is 0 Å². The Morgan fingerprint density at radius 2 is 1.89 bits per heavy atom. The SMILES string of the molecule is C[C@H]1N(C)CC[C@]1(O)c1ccc2ccccc2c1. The molecule has 1 aliphatic heterocycles. The Bertz CT molecular complexity index is 580. The maximum atomic E-state index is 10.9. The minimum Gasteiger partial charge on any atom is -0.383 e. The molecule has 2 nitrogen and oxygen atoms in total. The van der Waals surface area contributed by atoms with E-state index in [4.69, 9.17) is 0 Å². The molecular weight excluding hydrogens is 222 g/mol. The normalized spacial score (nSPS) is 28.9. The summed E-state index contributed by atoms with van der Waals surface area (Å²) in [4.78, 5) is 2.22. The lowest BCUT2D eigenvalue weighted by Gasteiger charge is -2.30. The van der Waals surface area contributed by atoms with Crippen molar-refractivity contribution in [2.75, 3.05) is 13.6 Å². The lowest BCUT2D eigenvalue weighted by atomic mass is 9.86. The van der Waals surface area contributed by atoms with Crippen molar-refractivity contribution < 1.29 is 5.11 Å². The standard InChI is InChI=1S/C16H19NO/c1-12-16(18,9-10-17(12)2)15-8-7-13-5-3-4-6-14(13)11-15/h3-8,11-12,18H,9-10H2,1-2H3/t12-,16-/m1/s1. The molecule has 1 heterocycles. The highest BCUT2D eigenvalue weighted by molar-refractivity contribution is 5.83. The van der Waals surface area contributed by atoms with E-state index < -0.39 is 5.60 Å². The van der Waals surface area contributed by atoms with Crippen LogP contribution in [0.15, 0.2) is 42.5 Å². The summed E-state index contributed by atoms with van der Waals surface area (Å²) < 4.78 is 0. The van der Waals surface area contributed by atoms with Gasteiger partial charge < -0.3 is 10.0 Å². The summed E-state index contributed by atoms with van der Waals surface area (Å²) in [6, 6.07) is 14.8. The van der Waals surface area contributed by atoms with Gasteiger partial charge in [-0.3, -0.25) is 0 Å². The van der Waals surface area contributed by atoms with Gasteiger partial charge >= 0.3 is 0 Å². The maximum Gasteiger partial charge on any atom is 0.106 e. The van der Waals surface area contributed by atoms with Crippen molar-refractivity contribution in [3.8, 4) is 0 Å². The van der Waals surface area contributed by atoms with Crippen molar-refractivity contribution >= 4 is 10.8 Å². The molecule has 1 fully saturated rings. The number of rotatable bonds is 1. The molecule has 0 aromatic heterocycles. The third-order valence-electron chi connectivity index (χ3n) is 4.45. The summed E-state index contributed by atoms with van der Waals surface area (Å²) in [5.41, 5.74) is 0.330. The van der Waals surface area contributed by atoms with E-state index >= 15 is 0 Å². The Hall–Kier alpha value is -1.38. The molecule has 1 aliphatic rings. The molecule has 1 N–H and O–H groups in total. The van der Waals surface area contributed by atoms with E-state index in [0.717, 1.165) is 18.5 Å². The molecule has 0 amide bonds. The first kappa shape index (κ1) is 11.7. The molecule has 2 aromatic rings. The Kier molecular flexibility index (Phi) is 2.65. The highest BCUT2D eigenvalue weighted by Crippen LogP contribution is 2.37. The van der Waals surface area contributed by atoms with Gasteiger partial charge in [-0.25, -0.2) is 0 Å². The fraction of sp³-hybridized carbons (Fsp3) is 0.375. The average molecular weight is 241 g/mol. The molecule has 2 heteroatoms. The molecule has 0 radical (unpaired) electrons. The van der Waals surface area contributed by atoms with Crippen LogP contribution in [-0.4, -0.2) is 29.6 Å². The molecule has 2 atom stereocenters. The second kappa shape index (κ2) is 4.08. The number of aliphatic hydroxyl groups is 1. The van der Waals surface area contributed by atoms with Crippen LogP contribution in [0.2, 0.25) is 0 Å². The zero-order valence-electron chi connectivity index (χ0n) is 10.9. The van der Waals surface area contributed by atoms with Crippen molar-refractivity contribution in [2.45, 2.75) is 25.0 Å². The van der Waals surface area contributed by atoms with Crippen LogP contribution in [0, 0.1) is 0 Å². The van der Waals surface area contributed by atoms with E-state index in [0.29, 0.717) is 0 Å². The number of fused-ring (bicyclic) bond motifs is 1. The van der Waals surface area contributed by atoms with E-state index in [1.807, 2.05) is 12.1 Å². The Balaban J connectivity index is 2.09. The van der Waals surface area contributed by atoms with E-state index in [9.17, 15) is 5.11 Å². The summed E-state index contributed by atoms with van der Waals surface area (Å²) >= 11 is 0. The molecule has 18 heavy (non-hydrogen) atoms. The van der Waals surface area contributed by atoms with E-state index in [1.54, 1.807) is 0 Å². The first-order valence-corrected chi connectivity index (χ1v) is 6.53. The third kappa shape index (κ3) is 1.64. The van der Waals surface area contributed by atoms with Crippen molar-refractivity contribution in [3.63, 3.8) is 0 Å². The second-order valence-electron chi connectivity index (χ2n) is 5.39. The Morgan fingerprint density at radius 1 is 1.17 bits per heavy atom. The second-order valence-corrected chi connectivity index (χ2v) is 5.39. The first-order chi connectivity index (χ1) is 8.61. The van der Waals surface area contributed by atoms with Crippen LogP contribution in [0.3, 0.4) is 0 Å². The largest absolute Gasteiger partial charge is 0.383 e. The molecule has 0 saturated carbocycles. The van der Waals surface area contributed by atoms with E-state index in [-0.39, 0.29) is 6.04 Å². The summed E-state index contributed by atoms with van der Waals surface area (Å²) in [5, 5.41) is 13.3. The minimum absolute atomic E-state index is 0.165. The van der Waals surface area contributed by atoms with Gasteiger partial charge in [-0.1, -0.05) is 36.4 Å². The number of hydrogen-bond donors (Lipinski definition) is 1. The monoisotopic (exact) mass is 241 g/mol. The lowest BCUT2D eigenvalue weighted by molar-refractivity contribution is 0.0110. The summed E-state index contributed by atoms with van der Waals surface area (Å²) in [5.74, 6) is 0. The highest BCUT2D eigenvalue weighted by Gasteiger charge is 2.42. The van der Waals surface area contributed by atoms with E-state index in [2.05, 4.69) is 49.2 Å². The molecule has 3 rings (SSSR count). The Morgan fingerprint density at radius 3 is 2.56 bits per heavy atom. The zero-order chi connectivity index (χ0) is 12.8. The fourth-order valence-corrected chi connectivity index (χ4v) is 2.96. The van der Waals surface area contributed by atoms with Crippen molar-refractivity contribution in [2.24, 2.45) is 0 Å². The van der Waals surface area contributed by atoms with Crippen molar-refractivity contribution in [3.05, 3.63) is 48.0 Å². The van der Waals surface area contributed by atoms with Crippen LogP contribution >= 0.6 is 0 Å². The first-order valence-electron chi connectivity index (χ1n) is 6.53. The highest BCUT2D eigenvalue weighted by atomic mass is 16.3. The quantitative estimate of drug-likeness (QED) is 0.830. The molecule has 0 bridgehead atoms. The topological polar surface area (TPSA) is 23.5 Å². The van der Waals surface area contributed by atoms with Gasteiger partial charge in [0.25, 0.3) is 0 Å². The van der Waals surface area contributed by atoms with Crippen LogP contribution in [0.4, 0.5) is 0 Å². The van der Waals surface area contributed by atoms with Crippen molar-refractivity contribution in [1.29, 1.82) is 0 Å². The molecule has 94 valence electrons. The zero-order valence-corrected chi connectivity index (χ0v) is 10.9. The predicted molar refractivity (Wildman–Crippen MR) is 74.6 cm³/mol. The molecule has 0 spiro atoms. The van der Waals surface area contributed by atoms with Gasteiger partial charge in [0.05, 0.1) is 0 Å². The molecule has 2 aromatic carbocycles. The summed E-state index contributed by atoms with van der Waals surface area (Å²) in [6.07, 6.45) is 0.809. The third-order valence-corrected chi connectivity index (χ3v) is 4.45. The minimum atomic E-state index is -0.710. The average Bonchev–Trinajstić information content (AvgIpc) is 2.67. The van der Waals surface area contributed by atoms with Crippen LogP contribution < -0.4 is 0 Å². The van der Waals surface area contributed by atoms with Crippen LogP contribution in [0.25, 0.3) is 10.8 Å². The molecule has 1 saturated heterocycles. The number of likely N-dealkylation sites (N-methyl/N-ethyl adjacent to an activating group) is 1. The van der Waals surface area contributed by atoms with Crippen LogP contribution in [0.1, 0.15) is 18.9 Å². The number of nitrogens with zero attached hydrogens (tertiary/aromatic N) is 1. The summed E-state index contributed by atoms with van der Waals surface area (Å²) in [7, 11) is 2.07. The van der Waals surface area contributed by atoms with E-state index in [1.165, 1.54) is 10.8 Å². The smallest absolute Gasteiger partial charge is 0.106 e. The predicted octanol–water partition coefficient (Wildman–Crippen LogP) is 2.75. The number of hydrogen-bond acceptors (Lipinski definition) is 2. The molecular formula is C16H19NO. The Labute approximate surface area is 108 Å². The van der Waals surface area contributed by atoms with Gasteiger partial charge in [-0.15, -0.1) is 0 Å².